The minimum atomic E-state index is -0.0544. The lowest BCUT2D eigenvalue weighted by atomic mass is 9.97. The second-order valence-corrected chi connectivity index (χ2v) is 4.95. The van der Waals surface area contributed by atoms with E-state index in [4.69, 9.17) is 0 Å². The maximum atomic E-state index is 9.42. The van der Waals surface area contributed by atoms with Crippen LogP contribution in [0.5, 0.6) is 0 Å². The van der Waals surface area contributed by atoms with Crippen LogP contribution >= 0.6 is 0 Å². The van der Waals surface area contributed by atoms with E-state index in [1.54, 1.807) is 0 Å². The van der Waals surface area contributed by atoms with Gasteiger partial charge < -0.3 is 14.9 Å². The van der Waals surface area contributed by atoms with Crippen molar-refractivity contribution in [3.63, 3.8) is 0 Å². The van der Waals surface area contributed by atoms with Gasteiger partial charge in [-0.3, -0.25) is 0 Å². The minimum absolute atomic E-state index is 0.0544. The average molecular weight is 198 g/mol. The molecule has 2 aliphatic heterocycles. The number of β-amino-alcohol motifs (C(OH)–C–C–N with tert-alkyl or cyclic N) is 1. The molecule has 2 heterocycles. The van der Waals surface area contributed by atoms with Crippen molar-refractivity contribution in [1.82, 2.24) is 9.80 Å². The molecule has 0 aromatic rings. The van der Waals surface area contributed by atoms with E-state index in [9.17, 15) is 5.11 Å². The molecular weight excluding hydrogens is 176 g/mol. The number of hydrogen-bond acceptors (Lipinski definition) is 3. The van der Waals surface area contributed by atoms with E-state index >= 15 is 0 Å². The lowest BCUT2D eigenvalue weighted by Crippen LogP contribution is -2.36. The fourth-order valence-corrected chi connectivity index (χ4v) is 2.59. The second kappa shape index (κ2) is 4.60. The molecule has 0 aliphatic carbocycles. The molecular formula is C11H22N2O. The van der Waals surface area contributed by atoms with Gasteiger partial charge in [-0.05, 0) is 45.3 Å². The van der Waals surface area contributed by atoms with Crippen LogP contribution in [-0.2, 0) is 0 Å². The molecule has 2 rings (SSSR count). The fraction of sp³-hybridized carbons (Fsp3) is 1.00. The molecule has 0 aromatic carbocycles. The lowest BCUT2D eigenvalue weighted by molar-refractivity contribution is 0.149. The molecule has 0 unspecified atom stereocenters. The third-order valence-corrected chi connectivity index (χ3v) is 3.60. The van der Waals surface area contributed by atoms with Crippen LogP contribution in [0.2, 0.25) is 0 Å². The molecule has 3 heteroatoms. The maximum absolute atomic E-state index is 9.42. The van der Waals surface area contributed by atoms with Gasteiger partial charge >= 0.3 is 0 Å². The summed E-state index contributed by atoms with van der Waals surface area (Å²) in [5.41, 5.74) is 0. The number of aliphatic hydroxyl groups excluding tert-OH is 1. The standard InChI is InChI=1S/C11H22N2O/c1-12-5-2-10(3-6-12)8-13-7-4-11(14)9-13/h10-11,14H,2-9H2,1H3/t11-/m0/s1. The van der Waals surface area contributed by atoms with E-state index in [1.165, 1.54) is 32.5 Å². The van der Waals surface area contributed by atoms with Gasteiger partial charge in [0, 0.05) is 19.6 Å². The highest BCUT2D eigenvalue weighted by atomic mass is 16.3. The Kier molecular flexibility index (Phi) is 3.42. The van der Waals surface area contributed by atoms with Crippen LogP contribution in [0.3, 0.4) is 0 Å². The zero-order chi connectivity index (χ0) is 9.97. The summed E-state index contributed by atoms with van der Waals surface area (Å²) in [4.78, 5) is 4.84. The maximum Gasteiger partial charge on any atom is 0.0679 e. The Morgan fingerprint density at radius 3 is 2.43 bits per heavy atom. The highest BCUT2D eigenvalue weighted by molar-refractivity contribution is 4.79. The van der Waals surface area contributed by atoms with Crippen LogP contribution < -0.4 is 0 Å². The summed E-state index contributed by atoms with van der Waals surface area (Å²) < 4.78 is 0. The molecule has 0 amide bonds. The summed E-state index contributed by atoms with van der Waals surface area (Å²) in [6, 6.07) is 0. The van der Waals surface area contributed by atoms with Crippen molar-refractivity contribution in [2.45, 2.75) is 25.4 Å². The Labute approximate surface area is 86.7 Å². The van der Waals surface area contributed by atoms with Crippen LogP contribution in [-0.4, -0.2) is 60.8 Å². The quantitative estimate of drug-likeness (QED) is 0.695. The van der Waals surface area contributed by atoms with Gasteiger partial charge in [0.2, 0.25) is 0 Å². The molecule has 2 fully saturated rings. The van der Waals surface area contributed by atoms with E-state index in [0.29, 0.717) is 0 Å². The molecule has 0 spiro atoms. The van der Waals surface area contributed by atoms with E-state index in [2.05, 4.69) is 16.8 Å². The third-order valence-electron chi connectivity index (χ3n) is 3.60. The predicted octanol–water partition coefficient (Wildman–Crippen LogP) is 0.395. The zero-order valence-corrected chi connectivity index (χ0v) is 9.15. The Hall–Kier alpha value is -0.120. The molecule has 2 saturated heterocycles. The van der Waals surface area contributed by atoms with Gasteiger partial charge in [-0.2, -0.15) is 0 Å². The van der Waals surface area contributed by atoms with Crippen LogP contribution in [0, 0.1) is 5.92 Å². The fourth-order valence-electron chi connectivity index (χ4n) is 2.59. The Bertz CT molecular complexity index is 178. The Morgan fingerprint density at radius 1 is 1.14 bits per heavy atom. The van der Waals surface area contributed by atoms with E-state index in [1.807, 2.05) is 0 Å². The first-order valence-corrected chi connectivity index (χ1v) is 5.83. The number of likely N-dealkylation sites (tertiary alicyclic amines) is 2. The first kappa shape index (κ1) is 10.4. The summed E-state index contributed by atoms with van der Waals surface area (Å²) >= 11 is 0. The Balaban J connectivity index is 1.70. The van der Waals surface area contributed by atoms with Gasteiger partial charge in [0.05, 0.1) is 6.10 Å². The van der Waals surface area contributed by atoms with Gasteiger partial charge in [0.25, 0.3) is 0 Å². The first-order valence-electron chi connectivity index (χ1n) is 5.83. The first-order chi connectivity index (χ1) is 6.74. The monoisotopic (exact) mass is 198 g/mol. The van der Waals surface area contributed by atoms with Crippen molar-refractivity contribution in [2.24, 2.45) is 5.92 Å². The summed E-state index contributed by atoms with van der Waals surface area (Å²) in [7, 11) is 2.20. The Morgan fingerprint density at radius 2 is 1.86 bits per heavy atom. The molecule has 14 heavy (non-hydrogen) atoms. The molecule has 0 radical (unpaired) electrons. The average Bonchev–Trinajstić information content (AvgIpc) is 2.56. The number of piperidine rings is 1. The molecule has 82 valence electrons. The van der Waals surface area contributed by atoms with E-state index in [-0.39, 0.29) is 6.10 Å². The second-order valence-electron chi connectivity index (χ2n) is 4.95. The number of aliphatic hydroxyl groups is 1. The van der Waals surface area contributed by atoms with E-state index in [0.717, 1.165) is 25.4 Å². The molecule has 3 nitrogen and oxygen atoms in total. The summed E-state index contributed by atoms with van der Waals surface area (Å²) in [6.07, 6.45) is 3.60. The largest absolute Gasteiger partial charge is 0.392 e. The molecule has 2 aliphatic rings. The van der Waals surface area contributed by atoms with Crippen LogP contribution in [0.1, 0.15) is 19.3 Å². The predicted molar refractivity (Wildman–Crippen MR) is 57.3 cm³/mol. The van der Waals surface area contributed by atoms with Crippen LogP contribution in [0.25, 0.3) is 0 Å². The minimum Gasteiger partial charge on any atom is -0.392 e. The van der Waals surface area contributed by atoms with Gasteiger partial charge in [0.1, 0.15) is 0 Å². The van der Waals surface area contributed by atoms with Crippen molar-refractivity contribution in [2.75, 3.05) is 39.8 Å². The van der Waals surface area contributed by atoms with Crippen molar-refractivity contribution < 1.29 is 5.11 Å². The SMILES string of the molecule is CN1CCC(CN2CC[C@H](O)C2)CC1. The number of nitrogens with zero attached hydrogens (tertiary/aromatic N) is 2. The summed E-state index contributed by atoms with van der Waals surface area (Å²) in [5.74, 6) is 0.872. The van der Waals surface area contributed by atoms with Crippen molar-refractivity contribution >= 4 is 0 Å². The van der Waals surface area contributed by atoms with Gasteiger partial charge in [0.15, 0.2) is 0 Å². The topological polar surface area (TPSA) is 26.7 Å². The lowest BCUT2D eigenvalue weighted by Gasteiger charge is -2.31. The third kappa shape index (κ3) is 2.69. The number of rotatable bonds is 2. The zero-order valence-electron chi connectivity index (χ0n) is 9.15. The van der Waals surface area contributed by atoms with Gasteiger partial charge in [-0.15, -0.1) is 0 Å². The number of hydrogen-bond donors (Lipinski definition) is 1. The van der Waals surface area contributed by atoms with E-state index < -0.39 is 0 Å². The molecule has 0 bridgehead atoms. The normalized spacial score (nSPS) is 32.6. The smallest absolute Gasteiger partial charge is 0.0679 e. The molecule has 0 saturated carbocycles. The van der Waals surface area contributed by atoms with Crippen molar-refractivity contribution in [1.29, 1.82) is 0 Å². The van der Waals surface area contributed by atoms with Gasteiger partial charge in [-0.25, -0.2) is 0 Å². The molecule has 0 aromatic heterocycles. The molecule has 1 N–H and O–H groups in total. The van der Waals surface area contributed by atoms with Gasteiger partial charge in [-0.1, -0.05) is 0 Å². The molecule has 1 atom stereocenters. The van der Waals surface area contributed by atoms with Crippen LogP contribution in [0.4, 0.5) is 0 Å². The highest BCUT2D eigenvalue weighted by Crippen LogP contribution is 2.19. The summed E-state index contributed by atoms with van der Waals surface area (Å²) in [5, 5.41) is 9.42. The van der Waals surface area contributed by atoms with Crippen molar-refractivity contribution in [3.8, 4) is 0 Å². The van der Waals surface area contributed by atoms with Crippen LogP contribution in [0.15, 0.2) is 0 Å². The highest BCUT2D eigenvalue weighted by Gasteiger charge is 2.24. The van der Waals surface area contributed by atoms with Crippen molar-refractivity contribution in [3.05, 3.63) is 0 Å². The summed E-state index contributed by atoms with van der Waals surface area (Å²) in [6.45, 7) is 5.73.